The summed E-state index contributed by atoms with van der Waals surface area (Å²) in [5.41, 5.74) is 0.598. The number of hydrogen-bond donors (Lipinski definition) is 0. The summed E-state index contributed by atoms with van der Waals surface area (Å²) in [4.78, 5) is 14.3. The quantitative estimate of drug-likeness (QED) is 0.846. The van der Waals surface area contributed by atoms with Crippen molar-refractivity contribution >= 4 is 15.7 Å². The molecule has 0 spiro atoms. The number of carbonyl (C=O) groups is 1. The fourth-order valence-corrected chi connectivity index (χ4v) is 3.37. The van der Waals surface area contributed by atoms with Gasteiger partial charge in [0.1, 0.15) is 0 Å². The van der Waals surface area contributed by atoms with E-state index in [-0.39, 0.29) is 17.2 Å². The van der Waals surface area contributed by atoms with Crippen LogP contribution in [-0.2, 0) is 21.1 Å². The van der Waals surface area contributed by atoms with Gasteiger partial charge in [-0.15, -0.1) is 0 Å². The molecule has 0 unspecified atom stereocenters. The summed E-state index contributed by atoms with van der Waals surface area (Å²) in [5.74, 6) is 0.0239. The van der Waals surface area contributed by atoms with Gasteiger partial charge in [0.05, 0.1) is 11.3 Å². The van der Waals surface area contributed by atoms with E-state index in [1.165, 1.54) is 12.7 Å². The maximum absolute atomic E-state index is 12.2. The van der Waals surface area contributed by atoms with Crippen molar-refractivity contribution in [3.63, 3.8) is 0 Å². The van der Waals surface area contributed by atoms with Gasteiger partial charge >= 0.3 is 0 Å². The van der Waals surface area contributed by atoms with Gasteiger partial charge < -0.3 is 4.90 Å². The summed E-state index contributed by atoms with van der Waals surface area (Å²) in [6.07, 6.45) is 4.60. The molecule has 1 amide bonds. The Kier molecular flexibility index (Phi) is 4.24. The molecule has 0 bridgehead atoms. The second kappa shape index (κ2) is 5.74. The summed E-state index contributed by atoms with van der Waals surface area (Å²) in [6, 6.07) is 6.74. The van der Waals surface area contributed by atoms with Crippen LogP contribution in [0.25, 0.3) is 0 Å². The Morgan fingerprint density at radius 2 is 1.79 bits per heavy atom. The first kappa shape index (κ1) is 14.1. The van der Waals surface area contributed by atoms with E-state index in [0.29, 0.717) is 5.56 Å². The number of carbonyl (C=O) groups excluding carboxylic acids is 1. The average molecular weight is 281 g/mol. The second-order valence-corrected chi connectivity index (χ2v) is 6.98. The van der Waals surface area contributed by atoms with Crippen LogP contribution in [0.3, 0.4) is 0 Å². The van der Waals surface area contributed by atoms with Gasteiger partial charge in [-0.2, -0.15) is 0 Å². The van der Waals surface area contributed by atoms with Crippen LogP contribution < -0.4 is 0 Å². The third-order valence-electron chi connectivity index (χ3n) is 3.42. The first-order chi connectivity index (χ1) is 8.98. The van der Waals surface area contributed by atoms with Crippen molar-refractivity contribution in [2.24, 2.45) is 0 Å². The van der Waals surface area contributed by atoms with Gasteiger partial charge in [0.25, 0.3) is 0 Å². The molecule has 0 aliphatic carbocycles. The number of amides is 1. The molecule has 1 aromatic carbocycles. The molecule has 2 rings (SSSR count). The largest absolute Gasteiger partial charge is 0.342 e. The summed E-state index contributed by atoms with van der Waals surface area (Å²) >= 11 is 0. The van der Waals surface area contributed by atoms with Crippen molar-refractivity contribution in [2.45, 2.75) is 30.6 Å². The number of likely N-dealkylation sites (tertiary alicyclic amines) is 1. The Hall–Kier alpha value is -1.36. The van der Waals surface area contributed by atoms with Gasteiger partial charge in [-0.25, -0.2) is 8.42 Å². The highest BCUT2D eigenvalue weighted by molar-refractivity contribution is 7.90. The smallest absolute Gasteiger partial charge is 0.227 e. The minimum atomic E-state index is -3.28. The molecular weight excluding hydrogens is 262 g/mol. The van der Waals surface area contributed by atoms with Crippen LogP contribution >= 0.6 is 0 Å². The molecule has 5 heteroatoms. The van der Waals surface area contributed by atoms with Crippen LogP contribution in [0.1, 0.15) is 24.8 Å². The highest BCUT2D eigenvalue weighted by Crippen LogP contribution is 2.18. The van der Waals surface area contributed by atoms with Crippen LogP contribution in [0.5, 0.6) is 0 Å². The van der Waals surface area contributed by atoms with Crippen molar-refractivity contribution in [1.29, 1.82) is 0 Å². The van der Waals surface area contributed by atoms with E-state index in [1.54, 1.807) is 24.3 Å². The van der Waals surface area contributed by atoms with Gasteiger partial charge in [0.15, 0.2) is 9.84 Å². The molecule has 1 aliphatic rings. The number of benzene rings is 1. The van der Waals surface area contributed by atoms with Crippen LogP contribution in [0.2, 0.25) is 0 Å². The third kappa shape index (κ3) is 3.56. The molecule has 1 fully saturated rings. The first-order valence-corrected chi connectivity index (χ1v) is 8.43. The SMILES string of the molecule is CS(=O)(=O)c1ccccc1CC(=O)N1CCCCC1. The van der Waals surface area contributed by atoms with Crippen LogP contribution in [-0.4, -0.2) is 38.6 Å². The van der Waals surface area contributed by atoms with Crippen molar-refractivity contribution in [3.8, 4) is 0 Å². The normalized spacial score (nSPS) is 16.4. The van der Waals surface area contributed by atoms with Crippen LogP contribution in [0, 0.1) is 0 Å². The van der Waals surface area contributed by atoms with E-state index in [9.17, 15) is 13.2 Å². The predicted octanol–water partition coefficient (Wildman–Crippen LogP) is 1.65. The zero-order valence-electron chi connectivity index (χ0n) is 11.1. The Labute approximate surface area is 114 Å². The van der Waals surface area contributed by atoms with E-state index < -0.39 is 9.84 Å². The summed E-state index contributed by atoms with van der Waals surface area (Å²) in [5, 5.41) is 0. The molecule has 0 saturated carbocycles. The average Bonchev–Trinajstić information content (AvgIpc) is 2.39. The molecule has 104 valence electrons. The predicted molar refractivity (Wildman–Crippen MR) is 73.7 cm³/mol. The fourth-order valence-electron chi connectivity index (χ4n) is 2.43. The Morgan fingerprint density at radius 1 is 1.16 bits per heavy atom. The van der Waals surface area contributed by atoms with Gasteiger partial charge in [-0.3, -0.25) is 4.79 Å². The van der Waals surface area contributed by atoms with Crippen molar-refractivity contribution in [1.82, 2.24) is 4.90 Å². The van der Waals surface area contributed by atoms with E-state index >= 15 is 0 Å². The van der Waals surface area contributed by atoms with Gasteiger partial charge in [0, 0.05) is 19.3 Å². The monoisotopic (exact) mass is 281 g/mol. The van der Waals surface area contributed by atoms with E-state index in [0.717, 1.165) is 25.9 Å². The number of nitrogens with zero attached hydrogens (tertiary/aromatic N) is 1. The summed E-state index contributed by atoms with van der Waals surface area (Å²) in [7, 11) is -3.28. The number of piperidine rings is 1. The maximum Gasteiger partial charge on any atom is 0.227 e. The fraction of sp³-hybridized carbons (Fsp3) is 0.500. The topological polar surface area (TPSA) is 54.5 Å². The molecule has 0 radical (unpaired) electrons. The van der Waals surface area contributed by atoms with Crippen molar-refractivity contribution in [2.75, 3.05) is 19.3 Å². The standard InChI is InChI=1S/C14H19NO3S/c1-19(17,18)13-8-4-3-7-12(13)11-14(16)15-9-5-2-6-10-15/h3-4,7-8H,2,5-6,9-11H2,1H3. The minimum Gasteiger partial charge on any atom is -0.342 e. The number of hydrogen-bond acceptors (Lipinski definition) is 3. The zero-order valence-corrected chi connectivity index (χ0v) is 11.9. The lowest BCUT2D eigenvalue weighted by molar-refractivity contribution is -0.131. The number of rotatable bonds is 3. The Morgan fingerprint density at radius 3 is 2.42 bits per heavy atom. The third-order valence-corrected chi connectivity index (χ3v) is 4.62. The maximum atomic E-state index is 12.2. The number of sulfone groups is 1. The molecular formula is C14H19NO3S. The molecule has 1 heterocycles. The van der Waals surface area contributed by atoms with Gasteiger partial charge in [-0.1, -0.05) is 18.2 Å². The second-order valence-electron chi connectivity index (χ2n) is 5.00. The lowest BCUT2D eigenvalue weighted by Crippen LogP contribution is -2.36. The molecule has 1 aliphatic heterocycles. The molecule has 4 nitrogen and oxygen atoms in total. The van der Waals surface area contributed by atoms with Crippen LogP contribution in [0.4, 0.5) is 0 Å². The zero-order chi connectivity index (χ0) is 13.9. The Balaban J connectivity index is 2.17. The minimum absolute atomic E-state index is 0.0239. The lowest BCUT2D eigenvalue weighted by atomic mass is 10.1. The highest BCUT2D eigenvalue weighted by atomic mass is 32.2. The summed E-state index contributed by atoms with van der Waals surface area (Å²) in [6.45, 7) is 1.58. The van der Waals surface area contributed by atoms with E-state index in [4.69, 9.17) is 0 Å². The molecule has 1 aromatic rings. The molecule has 19 heavy (non-hydrogen) atoms. The van der Waals surface area contributed by atoms with Crippen molar-refractivity contribution in [3.05, 3.63) is 29.8 Å². The van der Waals surface area contributed by atoms with Crippen LogP contribution in [0.15, 0.2) is 29.2 Å². The molecule has 0 atom stereocenters. The lowest BCUT2D eigenvalue weighted by Gasteiger charge is -2.27. The van der Waals surface area contributed by atoms with E-state index in [1.807, 2.05) is 4.90 Å². The molecule has 0 aromatic heterocycles. The highest BCUT2D eigenvalue weighted by Gasteiger charge is 2.20. The first-order valence-electron chi connectivity index (χ1n) is 6.54. The van der Waals surface area contributed by atoms with Crippen molar-refractivity contribution < 1.29 is 13.2 Å². The summed E-state index contributed by atoms with van der Waals surface area (Å²) < 4.78 is 23.4. The van der Waals surface area contributed by atoms with Gasteiger partial charge in [0.2, 0.25) is 5.91 Å². The molecule has 1 saturated heterocycles. The van der Waals surface area contributed by atoms with Gasteiger partial charge in [-0.05, 0) is 30.9 Å². The van der Waals surface area contributed by atoms with E-state index in [2.05, 4.69) is 0 Å². The Bertz CT molecular complexity index is 560. The molecule has 0 N–H and O–H groups in total.